The van der Waals surface area contributed by atoms with E-state index in [1.165, 1.54) is 33.8 Å². The summed E-state index contributed by atoms with van der Waals surface area (Å²) in [6.07, 6.45) is -8.55. The molecule has 4 N–H and O–H groups in total. The average molecular weight is 671 g/mol. The second-order valence-corrected chi connectivity index (χ2v) is 11.3. The number of amides is 1. The number of aromatic nitrogens is 6. The number of anilines is 1. The minimum absolute atomic E-state index is 0.0202. The van der Waals surface area contributed by atoms with Crippen molar-refractivity contribution in [2.24, 2.45) is 0 Å². The Labute approximate surface area is 263 Å². The quantitative estimate of drug-likeness (QED) is 0.209. The van der Waals surface area contributed by atoms with Gasteiger partial charge in [-0.2, -0.15) is 22.8 Å². The number of halogens is 5. The van der Waals surface area contributed by atoms with E-state index >= 15 is 0 Å². The standard InChI is InChI=1S/C27H27Cl2F3N8O5/c28-17-7-5-16(6-8-17)22-36-39(24(42)38(22)13-20(41)27(30,31)32)14-21-34-23(40(35-21)19-4-2-1-3-18(19)29)33-15-26(45)9-11-37(12-10-26)25(43)44/h1-8,20,41,45H,9-15H2,(H,43,44)(H,33,34,35). The third-order valence-corrected chi connectivity index (χ3v) is 7.89. The van der Waals surface area contributed by atoms with Crippen LogP contribution in [-0.2, 0) is 13.1 Å². The summed E-state index contributed by atoms with van der Waals surface area (Å²) < 4.78 is 42.7. The molecule has 0 aliphatic carbocycles. The number of nitrogens with zero attached hydrogens (tertiary/aromatic N) is 7. The Morgan fingerprint density at radius 3 is 2.36 bits per heavy atom. The van der Waals surface area contributed by atoms with Crippen LogP contribution in [0.5, 0.6) is 0 Å². The Hall–Kier alpha value is -4.12. The van der Waals surface area contributed by atoms with E-state index < -0.39 is 36.2 Å². The third-order valence-electron chi connectivity index (χ3n) is 7.32. The first-order valence-corrected chi connectivity index (χ1v) is 14.3. The number of alkyl halides is 3. The topological polar surface area (TPSA) is 164 Å². The second kappa shape index (κ2) is 12.7. The summed E-state index contributed by atoms with van der Waals surface area (Å²) in [5.74, 6) is 0.0137. The van der Waals surface area contributed by atoms with Gasteiger partial charge in [0.05, 0.1) is 22.9 Å². The van der Waals surface area contributed by atoms with Gasteiger partial charge in [0.15, 0.2) is 17.8 Å². The maximum atomic E-state index is 13.3. The Morgan fingerprint density at radius 1 is 1.07 bits per heavy atom. The molecule has 1 amide bonds. The molecule has 0 bridgehead atoms. The molecule has 3 heterocycles. The molecule has 1 fully saturated rings. The van der Waals surface area contributed by atoms with Crippen LogP contribution in [0.4, 0.5) is 23.9 Å². The molecule has 2 aromatic carbocycles. The van der Waals surface area contributed by atoms with Gasteiger partial charge < -0.3 is 25.5 Å². The van der Waals surface area contributed by atoms with Crippen molar-refractivity contribution in [3.63, 3.8) is 0 Å². The zero-order valence-corrected chi connectivity index (χ0v) is 24.8. The second-order valence-electron chi connectivity index (χ2n) is 10.5. The first-order valence-electron chi connectivity index (χ1n) is 13.6. The van der Waals surface area contributed by atoms with Crippen molar-refractivity contribution >= 4 is 35.2 Å². The molecule has 1 saturated heterocycles. The lowest BCUT2D eigenvalue weighted by Gasteiger charge is -2.37. The van der Waals surface area contributed by atoms with Crippen LogP contribution < -0.4 is 11.0 Å². The highest BCUT2D eigenvalue weighted by atomic mass is 35.5. The number of aliphatic hydroxyl groups excluding tert-OH is 1. The van der Waals surface area contributed by atoms with Crippen molar-refractivity contribution in [1.29, 1.82) is 0 Å². The van der Waals surface area contributed by atoms with Crippen molar-refractivity contribution in [1.82, 2.24) is 34.0 Å². The largest absolute Gasteiger partial charge is 0.465 e. The van der Waals surface area contributed by atoms with Crippen LogP contribution in [0, 0.1) is 0 Å². The van der Waals surface area contributed by atoms with Gasteiger partial charge in [-0.15, -0.1) is 10.2 Å². The van der Waals surface area contributed by atoms with E-state index in [9.17, 15) is 38.1 Å². The van der Waals surface area contributed by atoms with E-state index in [-0.39, 0.29) is 62.2 Å². The first kappa shape index (κ1) is 32.3. The van der Waals surface area contributed by atoms with Crippen LogP contribution in [0.3, 0.4) is 0 Å². The number of rotatable bonds is 9. The van der Waals surface area contributed by atoms with Gasteiger partial charge in [-0.3, -0.25) is 4.57 Å². The maximum absolute atomic E-state index is 13.3. The number of hydrogen-bond donors (Lipinski definition) is 4. The molecule has 1 aliphatic heterocycles. The smallest absolute Gasteiger partial charge is 0.416 e. The molecule has 1 unspecified atom stereocenters. The van der Waals surface area contributed by atoms with Gasteiger partial charge in [0, 0.05) is 30.2 Å². The zero-order chi connectivity index (χ0) is 32.5. The number of piperidine rings is 1. The number of hydrogen-bond acceptors (Lipinski definition) is 8. The van der Waals surface area contributed by atoms with E-state index in [1.54, 1.807) is 24.3 Å². The van der Waals surface area contributed by atoms with Gasteiger partial charge >= 0.3 is 18.0 Å². The maximum Gasteiger partial charge on any atom is 0.416 e. The first-order chi connectivity index (χ1) is 21.2. The Kier molecular flexibility index (Phi) is 9.11. The molecule has 0 spiro atoms. The normalized spacial score (nSPS) is 15.7. The molecule has 0 radical (unpaired) electrons. The molecule has 4 aromatic rings. The molecule has 45 heavy (non-hydrogen) atoms. The van der Waals surface area contributed by atoms with Crippen LogP contribution in [-0.4, -0.2) is 92.9 Å². The fourth-order valence-corrected chi connectivity index (χ4v) is 5.14. The summed E-state index contributed by atoms with van der Waals surface area (Å²) in [7, 11) is 0. The predicted molar refractivity (Wildman–Crippen MR) is 157 cm³/mol. The summed E-state index contributed by atoms with van der Waals surface area (Å²) in [6.45, 7) is -1.22. The zero-order valence-electron chi connectivity index (χ0n) is 23.3. The van der Waals surface area contributed by atoms with E-state index in [2.05, 4.69) is 20.5 Å². The molecule has 2 aromatic heterocycles. The third kappa shape index (κ3) is 7.24. The Bertz CT molecular complexity index is 1730. The number of carboxylic acid groups (broad SMARTS) is 1. The Balaban J connectivity index is 1.48. The summed E-state index contributed by atoms with van der Waals surface area (Å²) in [4.78, 5) is 30.3. The van der Waals surface area contributed by atoms with Crippen molar-refractivity contribution in [3.8, 4) is 17.1 Å². The van der Waals surface area contributed by atoms with E-state index in [4.69, 9.17) is 23.2 Å². The number of aliphatic hydroxyl groups is 2. The van der Waals surface area contributed by atoms with Gasteiger partial charge in [-0.05, 0) is 49.2 Å². The van der Waals surface area contributed by atoms with E-state index in [0.29, 0.717) is 20.3 Å². The lowest BCUT2D eigenvalue weighted by atomic mass is 9.91. The van der Waals surface area contributed by atoms with Gasteiger partial charge in [-0.1, -0.05) is 35.3 Å². The summed E-state index contributed by atoms with van der Waals surface area (Å²) >= 11 is 12.4. The minimum Gasteiger partial charge on any atom is -0.465 e. The highest BCUT2D eigenvalue weighted by molar-refractivity contribution is 6.32. The summed E-state index contributed by atoms with van der Waals surface area (Å²) in [5, 5.41) is 42.4. The average Bonchev–Trinajstić information content (AvgIpc) is 3.53. The number of para-hydroxylation sites is 1. The minimum atomic E-state index is -4.98. The van der Waals surface area contributed by atoms with Crippen LogP contribution in [0.2, 0.25) is 10.0 Å². The lowest BCUT2D eigenvalue weighted by Crippen LogP contribution is -2.49. The van der Waals surface area contributed by atoms with Crippen LogP contribution in [0.1, 0.15) is 18.7 Å². The van der Waals surface area contributed by atoms with Gasteiger partial charge in [0.2, 0.25) is 5.95 Å². The Morgan fingerprint density at radius 2 is 1.73 bits per heavy atom. The van der Waals surface area contributed by atoms with E-state index in [0.717, 1.165) is 4.68 Å². The summed E-state index contributed by atoms with van der Waals surface area (Å²) in [6, 6.07) is 12.6. The van der Waals surface area contributed by atoms with Crippen molar-refractivity contribution < 1.29 is 33.3 Å². The van der Waals surface area contributed by atoms with Crippen molar-refractivity contribution in [2.75, 3.05) is 25.0 Å². The predicted octanol–water partition coefficient (Wildman–Crippen LogP) is 3.49. The van der Waals surface area contributed by atoms with Crippen molar-refractivity contribution in [2.45, 2.75) is 43.8 Å². The van der Waals surface area contributed by atoms with E-state index in [1.807, 2.05) is 0 Å². The summed E-state index contributed by atoms with van der Waals surface area (Å²) in [5.41, 5.74) is -1.53. The molecule has 1 aliphatic rings. The van der Waals surface area contributed by atoms with Gasteiger partial charge in [0.25, 0.3) is 0 Å². The molecule has 5 rings (SSSR count). The van der Waals surface area contributed by atoms with Crippen LogP contribution in [0.25, 0.3) is 17.1 Å². The SMILES string of the molecule is O=C(O)N1CCC(O)(CNc2nc(Cn3nc(-c4ccc(Cl)cc4)n(CC(O)C(F)(F)F)c3=O)nn2-c2ccccc2Cl)CC1. The van der Waals surface area contributed by atoms with Crippen LogP contribution in [0.15, 0.2) is 53.3 Å². The molecular formula is C27H27Cl2F3N8O5. The number of benzene rings is 2. The number of nitrogens with one attached hydrogen (secondary N) is 1. The van der Waals surface area contributed by atoms with Gasteiger partial charge in [0.1, 0.15) is 6.54 Å². The highest BCUT2D eigenvalue weighted by Crippen LogP contribution is 2.27. The fourth-order valence-electron chi connectivity index (χ4n) is 4.79. The molecule has 18 heteroatoms. The highest BCUT2D eigenvalue weighted by Gasteiger charge is 2.39. The molecule has 0 saturated carbocycles. The van der Waals surface area contributed by atoms with Crippen molar-refractivity contribution in [3.05, 3.63) is 74.9 Å². The molecule has 1 atom stereocenters. The monoisotopic (exact) mass is 670 g/mol. The molecule has 13 nitrogen and oxygen atoms in total. The van der Waals surface area contributed by atoms with Crippen LogP contribution >= 0.6 is 23.2 Å². The fraction of sp³-hybridized carbons (Fsp3) is 0.370. The molecular weight excluding hydrogens is 644 g/mol. The lowest BCUT2D eigenvalue weighted by molar-refractivity contribution is -0.207. The molecule has 240 valence electrons. The number of carbonyl (C=O) groups is 1. The number of likely N-dealkylation sites (tertiary alicyclic amines) is 1. The van der Waals surface area contributed by atoms with Gasteiger partial charge in [-0.25, -0.2) is 14.3 Å².